The van der Waals surface area contributed by atoms with Gasteiger partial charge in [0.1, 0.15) is 5.65 Å². The standard InChI is InChI=1S/C20H20N4O2S/c1-21-17-7-5-14(6-8-17)16-10-18-19(12-23-20(18)22-11-16)15-4-3-9-24(13-15)27(2,25)26/h3-8,10-13,21H,9H2,1-2H3,(H,22,23). The minimum absolute atomic E-state index is 0.353. The summed E-state index contributed by atoms with van der Waals surface area (Å²) < 4.78 is 25.1. The normalized spacial score (nSPS) is 14.4. The van der Waals surface area contributed by atoms with Crippen molar-refractivity contribution in [2.24, 2.45) is 0 Å². The number of hydrogen-bond donors (Lipinski definition) is 2. The van der Waals surface area contributed by atoms with Crippen LogP contribution in [0.5, 0.6) is 0 Å². The van der Waals surface area contributed by atoms with Crippen LogP contribution >= 0.6 is 0 Å². The minimum atomic E-state index is -3.29. The number of sulfonamides is 1. The van der Waals surface area contributed by atoms with Gasteiger partial charge in [0.2, 0.25) is 10.0 Å². The molecule has 27 heavy (non-hydrogen) atoms. The summed E-state index contributed by atoms with van der Waals surface area (Å²) in [7, 11) is -1.40. The largest absolute Gasteiger partial charge is 0.388 e. The van der Waals surface area contributed by atoms with Gasteiger partial charge in [0.15, 0.2) is 0 Å². The number of anilines is 1. The van der Waals surface area contributed by atoms with Gasteiger partial charge in [-0.25, -0.2) is 13.4 Å². The topological polar surface area (TPSA) is 78.1 Å². The van der Waals surface area contributed by atoms with Crippen molar-refractivity contribution in [3.8, 4) is 11.1 Å². The summed E-state index contributed by atoms with van der Waals surface area (Å²) in [5.41, 5.74) is 5.66. The Morgan fingerprint density at radius 3 is 2.67 bits per heavy atom. The monoisotopic (exact) mass is 380 g/mol. The van der Waals surface area contributed by atoms with E-state index in [1.165, 1.54) is 10.6 Å². The number of nitrogens with zero attached hydrogens (tertiary/aromatic N) is 2. The van der Waals surface area contributed by atoms with Crippen molar-refractivity contribution in [1.29, 1.82) is 0 Å². The predicted octanol–water partition coefficient (Wildman–Crippen LogP) is 3.44. The molecule has 2 aromatic heterocycles. The van der Waals surface area contributed by atoms with Crippen LogP contribution < -0.4 is 5.32 Å². The highest BCUT2D eigenvalue weighted by Gasteiger charge is 2.17. The summed E-state index contributed by atoms with van der Waals surface area (Å²) in [6.45, 7) is 0.353. The van der Waals surface area contributed by atoms with Gasteiger partial charge in [-0.05, 0) is 23.8 Å². The molecule has 0 saturated heterocycles. The lowest BCUT2D eigenvalue weighted by molar-refractivity contribution is 0.528. The first-order chi connectivity index (χ1) is 13.0. The van der Waals surface area contributed by atoms with Crippen LogP contribution in [0.2, 0.25) is 0 Å². The lowest BCUT2D eigenvalue weighted by Gasteiger charge is -2.20. The van der Waals surface area contributed by atoms with Crippen LogP contribution in [0, 0.1) is 0 Å². The molecule has 7 heteroatoms. The quantitative estimate of drug-likeness (QED) is 0.727. The first kappa shape index (κ1) is 17.4. The van der Waals surface area contributed by atoms with E-state index >= 15 is 0 Å². The van der Waals surface area contributed by atoms with Gasteiger partial charge in [-0.3, -0.25) is 4.31 Å². The molecular formula is C20H20N4O2S. The Balaban J connectivity index is 1.78. The fourth-order valence-electron chi connectivity index (χ4n) is 3.15. The van der Waals surface area contributed by atoms with E-state index in [1.807, 2.05) is 55.9 Å². The summed E-state index contributed by atoms with van der Waals surface area (Å²) in [5, 5.41) is 4.07. The third-order valence-electron chi connectivity index (χ3n) is 4.64. The van der Waals surface area contributed by atoms with Crippen molar-refractivity contribution in [2.75, 3.05) is 25.2 Å². The molecule has 0 aliphatic carbocycles. The van der Waals surface area contributed by atoms with Crippen LogP contribution in [0.25, 0.3) is 27.7 Å². The van der Waals surface area contributed by atoms with E-state index in [-0.39, 0.29) is 0 Å². The Kier molecular flexibility index (Phi) is 4.24. The highest BCUT2D eigenvalue weighted by Crippen LogP contribution is 2.31. The Bertz CT molecular complexity index is 1160. The number of aromatic amines is 1. The molecule has 0 radical (unpaired) electrons. The van der Waals surface area contributed by atoms with Crippen molar-refractivity contribution in [3.63, 3.8) is 0 Å². The molecule has 6 nitrogen and oxygen atoms in total. The molecule has 4 rings (SSSR count). The zero-order valence-corrected chi connectivity index (χ0v) is 15.9. The number of aromatic nitrogens is 2. The maximum atomic E-state index is 11.9. The molecule has 3 heterocycles. The van der Waals surface area contributed by atoms with Crippen LogP contribution in [-0.2, 0) is 10.0 Å². The predicted molar refractivity (Wildman–Crippen MR) is 110 cm³/mol. The lowest BCUT2D eigenvalue weighted by Crippen LogP contribution is -2.26. The van der Waals surface area contributed by atoms with Gasteiger partial charge >= 0.3 is 0 Å². The number of pyridine rings is 1. The van der Waals surface area contributed by atoms with Crippen LogP contribution in [0.15, 0.2) is 61.1 Å². The average Bonchev–Trinajstić information content (AvgIpc) is 3.11. The third kappa shape index (κ3) is 3.33. The Morgan fingerprint density at radius 2 is 1.96 bits per heavy atom. The Labute approximate surface area is 158 Å². The van der Waals surface area contributed by atoms with Gasteiger partial charge in [0.25, 0.3) is 0 Å². The number of nitrogens with one attached hydrogen (secondary N) is 2. The first-order valence-electron chi connectivity index (χ1n) is 8.56. The molecule has 138 valence electrons. The second-order valence-corrected chi connectivity index (χ2v) is 8.40. The Hall–Kier alpha value is -3.06. The zero-order valence-electron chi connectivity index (χ0n) is 15.1. The molecule has 0 atom stereocenters. The van der Waals surface area contributed by atoms with E-state index in [9.17, 15) is 8.42 Å². The van der Waals surface area contributed by atoms with Crippen LogP contribution in [0.3, 0.4) is 0 Å². The molecule has 0 bridgehead atoms. The summed E-state index contributed by atoms with van der Waals surface area (Å²) in [6.07, 6.45) is 10.4. The van der Waals surface area contributed by atoms with E-state index in [4.69, 9.17) is 0 Å². The van der Waals surface area contributed by atoms with Gasteiger partial charge in [-0.15, -0.1) is 0 Å². The fraction of sp³-hybridized carbons (Fsp3) is 0.150. The highest BCUT2D eigenvalue weighted by atomic mass is 32.2. The molecule has 0 saturated carbocycles. The average molecular weight is 380 g/mol. The van der Waals surface area contributed by atoms with E-state index in [1.54, 1.807) is 6.20 Å². The molecule has 2 N–H and O–H groups in total. The van der Waals surface area contributed by atoms with Gasteiger partial charge < -0.3 is 10.3 Å². The number of allylic oxidation sites excluding steroid dienone is 2. The molecular weight excluding hydrogens is 360 g/mol. The van der Waals surface area contributed by atoms with Crippen LogP contribution in [-0.4, -0.2) is 42.5 Å². The highest BCUT2D eigenvalue weighted by molar-refractivity contribution is 7.88. The molecule has 3 aromatic rings. The van der Waals surface area contributed by atoms with Gasteiger partial charge in [0.05, 0.1) is 12.8 Å². The van der Waals surface area contributed by atoms with Crippen molar-refractivity contribution >= 4 is 32.3 Å². The molecule has 0 unspecified atom stereocenters. The van der Waals surface area contributed by atoms with Crippen molar-refractivity contribution in [2.45, 2.75) is 0 Å². The van der Waals surface area contributed by atoms with Gasteiger partial charge in [-0.1, -0.05) is 24.3 Å². The SMILES string of the molecule is CNc1ccc(-c2cnc3[nH]cc(C4=CN(S(C)(=O)=O)CC=C4)c3c2)cc1. The van der Waals surface area contributed by atoms with E-state index < -0.39 is 10.0 Å². The molecule has 1 aliphatic rings. The molecule has 0 amide bonds. The van der Waals surface area contributed by atoms with Crippen LogP contribution in [0.1, 0.15) is 5.56 Å². The summed E-state index contributed by atoms with van der Waals surface area (Å²) in [6, 6.07) is 10.2. The number of rotatable bonds is 4. The third-order valence-corrected chi connectivity index (χ3v) is 5.75. The molecule has 0 spiro atoms. The van der Waals surface area contributed by atoms with Crippen molar-refractivity contribution < 1.29 is 8.42 Å². The number of H-pyrrole nitrogens is 1. The lowest BCUT2D eigenvalue weighted by atomic mass is 10.0. The maximum absolute atomic E-state index is 11.9. The summed E-state index contributed by atoms with van der Waals surface area (Å²) in [5.74, 6) is 0. The van der Waals surface area contributed by atoms with Crippen molar-refractivity contribution in [3.05, 3.63) is 66.6 Å². The van der Waals surface area contributed by atoms with Crippen molar-refractivity contribution in [1.82, 2.24) is 14.3 Å². The van der Waals surface area contributed by atoms with E-state index in [0.29, 0.717) is 6.54 Å². The van der Waals surface area contributed by atoms with Gasteiger partial charge in [-0.2, -0.15) is 0 Å². The van der Waals surface area contributed by atoms with Gasteiger partial charge in [0, 0.05) is 53.4 Å². The smallest absolute Gasteiger partial charge is 0.232 e. The number of fused-ring (bicyclic) bond motifs is 1. The Morgan fingerprint density at radius 1 is 1.19 bits per heavy atom. The second-order valence-electron chi connectivity index (χ2n) is 6.47. The molecule has 0 fully saturated rings. The summed E-state index contributed by atoms with van der Waals surface area (Å²) in [4.78, 5) is 7.70. The minimum Gasteiger partial charge on any atom is -0.388 e. The second kappa shape index (κ2) is 6.59. The maximum Gasteiger partial charge on any atom is 0.232 e. The number of hydrogen-bond acceptors (Lipinski definition) is 4. The fourth-order valence-corrected chi connectivity index (χ4v) is 3.82. The van der Waals surface area contributed by atoms with E-state index in [2.05, 4.69) is 21.4 Å². The zero-order chi connectivity index (χ0) is 19.0. The molecule has 1 aromatic carbocycles. The summed E-state index contributed by atoms with van der Waals surface area (Å²) >= 11 is 0. The molecule has 1 aliphatic heterocycles. The first-order valence-corrected chi connectivity index (χ1v) is 10.4. The van der Waals surface area contributed by atoms with Crippen LogP contribution in [0.4, 0.5) is 5.69 Å². The number of benzene rings is 1. The van der Waals surface area contributed by atoms with E-state index in [0.717, 1.165) is 39.0 Å².